The van der Waals surface area contributed by atoms with Gasteiger partial charge >= 0.3 is 0 Å². The average molecular weight is 715 g/mol. The van der Waals surface area contributed by atoms with Crippen molar-refractivity contribution in [3.05, 3.63) is 182 Å². The molecule has 0 saturated heterocycles. The van der Waals surface area contributed by atoms with Crippen molar-refractivity contribution < 1.29 is 4.42 Å². The summed E-state index contributed by atoms with van der Waals surface area (Å²) in [7, 11) is 0. The van der Waals surface area contributed by atoms with Crippen LogP contribution < -0.4 is 0 Å². The molecule has 0 unspecified atom stereocenters. The van der Waals surface area contributed by atoms with E-state index in [1.54, 1.807) is 0 Å². The number of rotatable bonds is 4. The zero-order chi connectivity index (χ0) is 36.7. The number of hydrogen-bond acceptors (Lipinski definition) is 4. The molecule has 56 heavy (non-hydrogen) atoms. The lowest BCUT2D eigenvalue weighted by molar-refractivity contribution is 0.669. The maximum absolute atomic E-state index is 6.55. The number of nitrogens with zero attached hydrogens (tertiary/aromatic N) is 4. The summed E-state index contributed by atoms with van der Waals surface area (Å²) in [4.78, 5) is 16.3. The molecule has 5 heteroatoms. The van der Waals surface area contributed by atoms with Crippen LogP contribution in [0.5, 0.6) is 0 Å². The molecule has 0 amide bonds. The van der Waals surface area contributed by atoms with Gasteiger partial charge < -0.3 is 4.42 Å². The number of aromatic nitrogens is 4. The Morgan fingerprint density at radius 1 is 0.375 bits per heavy atom. The Hall–Kier alpha value is -7.63. The minimum Gasteiger partial charge on any atom is -0.456 e. The number of furan rings is 1. The van der Waals surface area contributed by atoms with Crippen LogP contribution in [0.25, 0.3) is 116 Å². The Balaban J connectivity index is 1.21. The summed E-state index contributed by atoms with van der Waals surface area (Å²) in [5.74, 6) is 1.72. The molecule has 0 aliphatic heterocycles. The molecule has 3 aromatic heterocycles. The van der Waals surface area contributed by atoms with Crippen LogP contribution in [-0.4, -0.2) is 19.5 Å². The molecule has 0 saturated carbocycles. The number of benzene rings is 9. The fourth-order valence-corrected chi connectivity index (χ4v) is 8.73. The van der Waals surface area contributed by atoms with Crippen molar-refractivity contribution in [2.75, 3.05) is 0 Å². The molecule has 12 aromatic rings. The van der Waals surface area contributed by atoms with Crippen molar-refractivity contribution in [1.82, 2.24) is 19.5 Å². The third-order valence-corrected chi connectivity index (χ3v) is 11.2. The lowest BCUT2D eigenvalue weighted by atomic mass is 9.93. The molecule has 3 heterocycles. The summed E-state index contributed by atoms with van der Waals surface area (Å²) in [6, 6.07) is 63.8. The molecule has 0 aliphatic rings. The van der Waals surface area contributed by atoms with Crippen molar-refractivity contribution >= 4 is 76.1 Å². The minimum atomic E-state index is 0.550. The molecule has 0 radical (unpaired) electrons. The first-order valence-electron chi connectivity index (χ1n) is 18.9. The first-order valence-corrected chi connectivity index (χ1v) is 18.9. The van der Waals surface area contributed by atoms with Gasteiger partial charge in [-0.05, 0) is 74.3 Å². The predicted molar refractivity (Wildman–Crippen MR) is 230 cm³/mol. The van der Waals surface area contributed by atoms with Gasteiger partial charge in [0.1, 0.15) is 11.2 Å². The maximum Gasteiger partial charge on any atom is 0.238 e. The highest BCUT2D eigenvalue weighted by atomic mass is 16.3. The summed E-state index contributed by atoms with van der Waals surface area (Å²) < 4.78 is 8.75. The van der Waals surface area contributed by atoms with Gasteiger partial charge in [0, 0.05) is 38.2 Å². The third-order valence-electron chi connectivity index (χ3n) is 11.2. The average Bonchev–Trinajstić information content (AvgIpc) is 3.81. The molecule has 0 fully saturated rings. The van der Waals surface area contributed by atoms with Gasteiger partial charge in [-0.2, -0.15) is 9.97 Å². The molecule has 0 N–H and O–H groups in total. The molecule has 9 aromatic carbocycles. The predicted octanol–water partition coefficient (Wildman–Crippen LogP) is 13.3. The van der Waals surface area contributed by atoms with Crippen LogP contribution in [0.15, 0.2) is 186 Å². The fraction of sp³-hybridized carbons (Fsp3) is 0. The largest absolute Gasteiger partial charge is 0.456 e. The second-order valence-electron chi connectivity index (χ2n) is 14.4. The van der Waals surface area contributed by atoms with Gasteiger partial charge in [-0.25, -0.2) is 4.98 Å². The van der Waals surface area contributed by atoms with Crippen molar-refractivity contribution in [2.45, 2.75) is 0 Å². The second-order valence-corrected chi connectivity index (χ2v) is 14.4. The smallest absolute Gasteiger partial charge is 0.238 e. The summed E-state index contributed by atoms with van der Waals surface area (Å²) >= 11 is 0. The van der Waals surface area contributed by atoms with Gasteiger partial charge in [0.25, 0.3) is 0 Å². The molecule has 260 valence electrons. The van der Waals surface area contributed by atoms with E-state index in [0.717, 1.165) is 82.2 Å². The lowest BCUT2D eigenvalue weighted by Gasteiger charge is -2.15. The van der Waals surface area contributed by atoms with Crippen molar-refractivity contribution in [1.29, 1.82) is 0 Å². The highest BCUT2D eigenvalue weighted by Gasteiger charge is 2.23. The molecular weight excluding hydrogens is 685 g/mol. The van der Waals surface area contributed by atoms with Crippen LogP contribution in [0.1, 0.15) is 0 Å². The Morgan fingerprint density at radius 3 is 1.84 bits per heavy atom. The van der Waals surface area contributed by atoms with Gasteiger partial charge in [-0.1, -0.05) is 146 Å². The number of para-hydroxylation sites is 1. The Labute approximate surface area is 320 Å². The zero-order valence-corrected chi connectivity index (χ0v) is 30.0. The molecule has 5 nitrogen and oxygen atoms in total. The first-order chi connectivity index (χ1) is 27.8. The normalized spacial score (nSPS) is 11.9. The Kier molecular flexibility index (Phi) is 6.56. The van der Waals surface area contributed by atoms with Gasteiger partial charge in [-0.3, -0.25) is 4.57 Å². The quantitative estimate of drug-likeness (QED) is 0.182. The van der Waals surface area contributed by atoms with E-state index in [-0.39, 0.29) is 0 Å². The van der Waals surface area contributed by atoms with Gasteiger partial charge in [0.05, 0.1) is 11.0 Å². The minimum absolute atomic E-state index is 0.550. The summed E-state index contributed by atoms with van der Waals surface area (Å²) in [6.45, 7) is 0. The first kappa shape index (κ1) is 30.8. The van der Waals surface area contributed by atoms with Gasteiger partial charge in [0.15, 0.2) is 11.6 Å². The van der Waals surface area contributed by atoms with Crippen LogP contribution in [-0.2, 0) is 0 Å². The number of hydrogen-bond donors (Lipinski definition) is 0. The fourth-order valence-electron chi connectivity index (χ4n) is 8.73. The van der Waals surface area contributed by atoms with E-state index in [2.05, 4.69) is 174 Å². The third kappa shape index (κ3) is 4.58. The summed E-state index contributed by atoms with van der Waals surface area (Å²) in [6.07, 6.45) is 0. The van der Waals surface area contributed by atoms with Crippen molar-refractivity contribution in [3.8, 4) is 39.9 Å². The highest BCUT2D eigenvalue weighted by Crippen LogP contribution is 2.42. The summed E-state index contributed by atoms with van der Waals surface area (Å²) in [5.41, 5.74) is 7.68. The summed E-state index contributed by atoms with van der Waals surface area (Å²) in [5, 5.41) is 11.3. The molecule has 0 bridgehead atoms. The molecule has 12 rings (SSSR count). The lowest BCUT2D eigenvalue weighted by Crippen LogP contribution is -2.07. The van der Waals surface area contributed by atoms with Crippen molar-refractivity contribution in [2.24, 2.45) is 0 Å². The van der Waals surface area contributed by atoms with E-state index in [1.165, 1.54) is 16.2 Å². The SMILES string of the molecule is c1ccc(-c2c(-c3nc(-c4cccc5oc6cc7ccccc7cc6c45)nc(-n4c5ccccc5c5c6ccccc6ccc54)n3)ccc3ccccc23)cc1. The Morgan fingerprint density at radius 2 is 1.02 bits per heavy atom. The monoisotopic (exact) mass is 714 g/mol. The van der Waals surface area contributed by atoms with E-state index >= 15 is 0 Å². The zero-order valence-electron chi connectivity index (χ0n) is 30.0. The van der Waals surface area contributed by atoms with Gasteiger partial charge in [0.2, 0.25) is 5.95 Å². The van der Waals surface area contributed by atoms with Gasteiger partial charge in [-0.15, -0.1) is 0 Å². The van der Waals surface area contributed by atoms with Crippen LogP contribution in [0.3, 0.4) is 0 Å². The van der Waals surface area contributed by atoms with E-state index in [9.17, 15) is 0 Å². The van der Waals surface area contributed by atoms with E-state index in [1.807, 2.05) is 12.1 Å². The van der Waals surface area contributed by atoms with Crippen LogP contribution in [0, 0.1) is 0 Å². The van der Waals surface area contributed by atoms with E-state index < -0.39 is 0 Å². The highest BCUT2D eigenvalue weighted by molar-refractivity contribution is 6.21. The van der Waals surface area contributed by atoms with Crippen LogP contribution in [0.2, 0.25) is 0 Å². The molecule has 0 atom stereocenters. The topological polar surface area (TPSA) is 56.7 Å². The van der Waals surface area contributed by atoms with Crippen LogP contribution >= 0.6 is 0 Å². The number of fused-ring (bicyclic) bond motifs is 10. The molecule has 0 aliphatic carbocycles. The van der Waals surface area contributed by atoms with Crippen molar-refractivity contribution in [3.63, 3.8) is 0 Å². The standard InChI is InChI=1S/C51H30N4O/c1-2-15-33(16-3-1)46-36-19-8-6-13-31(36)25-27-40(46)50-52-49(39-22-12-24-44-48(39)41-29-34-17-4-5-18-35(34)30-45(41)56-44)53-51(54-50)55-42-23-11-10-21-38(42)47-37-20-9-7-14-32(37)26-28-43(47)55/h1-30H. The molecular formula is C51H30N4O. The second kappa shape index (κ2) is 11.9. The van der Waals surface area contributed by atoms with E-state index in [0.29, 0.717) is 17.6 Å². The van der Waals surface area contributed by atoms with E-state index in [4.69, 9.17) is 19.4 Å². The van der Waals surface area contributed by atoms with Crippen LogP contribution in [0.4, 0.5) is 0 Å². The Bertz CT molecular complexity index is 3540. The maximum atomic E-state index is 6.55. The molecule has 0 spiro atoms.